The van der Waals surface area contributed by atoms with Gasteiger partial charge < -0.3 is 10.3 Å². The van der Waals surface area contributed by atoms with Gasteiger partial charge >= 0.3 is 6.18 Å². The summed E-state index contributed by atoms with van der Waals surface area (Å²) in [7, 11) is 1.52. The van der Waals surface area contributed by atoms with Crippen LogP contribution in [0.15, 0.2) is 12.4 Å². The molecule has 0 aromatic carbocycles. The van der Waals surface area contributed by atoms with Gasteiger partial charge in [0, 0.05) is 19.7 Å². The largest absolute Gasteiger partial charge is 0.390 e. The number of hydrogen-bond acceptors (Lipinski definition) is 5. The van der Waals surface area contributed by atoms with E-state index in [9.17, 15) is 13.2 Å². The van der Waals surface area contributed by atoms with Crippen LogP contribution in [0.4, 0.5) is 24.8 Å². The molecule has 0 atom stereocenters. The summed E-state index contributed by atoms with van der Waals surface area (Å²) in [5.41, 5.74) is 2.29. The van der Waals surface area contributed by atoms with Crippen molar-refractivity contribution in [3.8, 4) is 0 Å². The number of nitrogens with zero attached hydrogens (tertiary/aromatic N) is 3. The van der Waals surface area contributed by atoms with E-state index in [4.69, 9.17) is 5.84 Å². The zero-order chi connectivity index (χ0) is 12.2. The number of alkyl halides is 3. The van der Waals surface area contributed by atoms with Crippen LogP contribution in [0.2, 0.25) is 0 Å². The maximum Gasteiger partial charge on any atom is 0.390 e. The van der Waals surface area contributed by atoms with Crippen molar-refractivity contribution in [2.75, 3.05) is 23.9 Å². The maximum atomic E-state index is 12.0. The fraction of sp³-hybridized carbons (Fsp3) is 0.500. The lowest BCUT2D eigenvalue weighted by atomic mass is 10.4. The van der Waals surface area contributed by atoms with Crippen molar-refractivity contribution in [3.63, 3.8) is 0 Å². The topological polar surface area (TPSA) is 67.1 Å². The monoisotopic (exact) mass is 235 g/mol. The van der Waals surface area contributed by atoms with Crippen LogP contribution in [-0.2, 0) is 0 Å². The average molecular weight is 235 g/mol. The molecule has 0 aliphatic carbocycles. The van der Waals surface area contributed by atoms with Gasteiger partial charge in [0.1, 0.15) is 18.0 Å². The Morgan fingerprint density at radius 2 is 2.12 bits per heavy atom. The van der Waals surface area contributed by atoms with Gasteiger partial charge in [0.25, 0.3) is 0 Å². The first kappa shape index (κ1) is 12.5. The van der Waals surface area contributed by atoms with E-state index in [0.29, 0.717) is 11.6 Å². The zero-order valence-corrected chi connectivity index (χ0v) is 8.62. The van der Waals surface area contributed by atoms with Gasteiger partial charge in [-0.25, -0.2) is 15.8 Å². The van der Waals surface area contributed by atoms with Crippen molar-refractivity contribution in [2.45, 2.75) is 12.6 Å². The van der Waals surface area contributed by atoms with Crippen LogP contribution in [0, 0.1) is 0 Å². The van der Waals surface area contributed by atoms with E-state index in [-0.39, 0.29) is 6.54 Å². The Balaban J connectivity index is 2.62. The minimum absolute atomic E-state index is 0.162. The molecule has 90 valence electrons. The fourth-order valence-electron chi connectivity index (χ4n) is 1.04. The Morgan fingerprint density at radius 1 is 1.44 bits per heavy atom. The van der Waals surface area contributed by atoms with Gasteiger partial charge in [-0.2, -0.15) is 13.2 Å². The number of halogens is 3. The summed E-state index contributed by atoms with van der Waals surface area (Å²) in [6.45, 7) is -0.162. The molecule has 0 amide bonds. The number of rotatable bonds is 4. The van der Waals surface area contributed by atoms with Gasteiger partial charge in [0.2, 0.25) is 0 Å². The first-order valence-corrected chi connectivity index (χ1v) is 4.49. The lowest BCUT2D eigenvalue weighted by Gasteiger charge is -2.19. The molecule has 0 aliphatic heterocycles. The van der Waals surface area contributed by atoms with Crippen LogP contribution >= 0.6 is 0 Å². The summed E-state index contributed by atoms with van der Waals surface area (Å²) in [5.74, 6) is 5.86. The molecule has 0 aliphatic rings. The predicted molar refractivity (Wildman–Crippen MR) is 53.8 cm³/mol. The highest BCUT2D eigenvalue weighted by Gasteiger charge is 2.27. The molecule has 5 nitrogen and oxygen atoms in total. The predicted octanol–water partition coefficient (Wildman–Crippen LogP) is 1.15. The zero-order valence-electron chi connectivity index (χ0n) is 8.62. The molecule has 1 aromatic rings. The van der Waals surface area contributed by atoms with Crippen molar-refractivity contribution in [2.24, 2.45) is 5.84 Å². The molecule has 0 saturated heterocycles. The highest BCUT2D eigenvalue weighted by Crippen LogP contribution is 2.21. The first-order valence-electron chi connectivity index (χ1n) is 4.49. The Labute approximate surface area is 90.4 Å². The smallest absolute Gasteiger partial charge is 0.359 e. The molecule has 3 N–H and O–H groups in total. The average Bonchev–Trinajstić information content (AvgIpc) is 2.25. The molecular formula is C8H12F3N5. The van der Waals surface area contributed by atoms with Gasteiger partial charge in [-0.3, -0.25) is 0 Å². The number of nitrogen functional groups attached to an aromatic ring is 1. The van der Waals surface area contributed by atoms with E-state index in [2.05, 4.69) is 15.4 Å². The van der Waals surface area contributed by atoms with E-state index in [0.717, 1.165) is 0 Å². The molecule has 16 heavy (non-hydrogen) atoms. The van der Waals surface area contributed by atoms with E-state index in [1.165, 1.54) is 24.3 Å². The van der Waals surface area contributed by atoms with Crippen LogP contribution in [0.1, 0.15) is 6.42 Å². The van der Waals surface area contributed by atoms with Gasteiger partial charge in [-0.05, 0) is 0 Å². The summed E-state index contributed by atoms with van der Waals surface area (Å²) in [6.07, 6.45) is -3.83. The SMILES string of the molecule is CN(CCC(F)(F)F)c1cc(NN)ncn1. The molecule has 1 rings (SSSR count). The second-order valence-corrected chi connectivity index (χ2v) is 3.19. The number of nitrogens with two attached hydrogens (primary N) is 1. The first-order chi connectivity index (χ1) is 7.42. The maximum absolute atomic E-state index is 12.0. The third-order valence-corrected chi connectivity index (χ3v) is 1.92. The highest BCUT2D eigenvalue weighted by atomic mass is 19.4. The summed E-state index contributed by atoms with van der Waals surface area (Å²) in [5, 5.41) is 0. The third kappa shape index (κ3) is 3.89. The van der Waals surface area contributed by atoms with Crippen LogP contribution in [0.25, 0.3) is 0 Å². The molecule has 0 unspecified atom stereocenters. The number of anilines is 2. The normalized spacial score (nSPS) is 11.3. The van der Waals surface area contributed by atoms with Crippen LogP contribution in [0.3, 0.4) is 0 Å². The van der Waals surface area contributed by atoms with E-state index < -0.39 is 12.6 Å². The summed E-state index contributed by atoms with van der Waals surface area (Å²) in [6, 6.07) is 1.47. The standard InChI is InChI=1S/C8H12F3N5/c1-16(3-2-8(9,10)11)7-4-6(15-12)13-5-14-7/h4-5H,2-3,12H2,1H3,(H,13,14,15). The highest BCUT2D eigenvalue weighted by molar-refractivity contribution is 5.47. The van der Waals surface area contributed by atoms with Crippen molar-refractivity contribution in [1.82, 2.24) is 9.97 Å². The third-order valence-electron chi connectivity index (χ3n) is 1.92. The van der Waals surface area contributed by atoms with Gasteiger partial charge in [0.05, 0.1) is 6.42 Å². The quantitative estimate of drug-likeness (QED) is 0.605. The number of hydrazine groups is 1. The molecule has 0 bridgehead atoms. The Kier molecular flexibility index (Phi) is 3.88. The summed E-state index contributed by atoms with van der Waals surface area (Å²) >= 11 is 0. The molecule has 0 saturated carbocycles. The number of aromatic nitrogens is 2. The van der Waals surface area contributed by atoms with Gasteiger partial charge in [0.15, 0.2) is 0 Å². The minimum atomic E-state index is -4.17. The van der Waals surface area contributed by atoms with Crippen molar-refractivity contribution < 1.29 is 13.2 Å². The summed E-state index contributed by atoms with van der Waals surface area (Å²) < 4.78 is 36.0. The van der Waals surface area contributed by atoms with Gasteiger partial charge in [-0.15, -0.1) is 0 Å². The Morgan fingerprint density at radius 3 is 2.69 bits per heavy atom. The molecule has 0 spiro atoms. The second-order valence-electron chi connectivity index (χ2n) is 3.19. The minimum Gasteiger partial charge on any atom is -0.359 e. The van der Waals surface area contributed by atoms with Crippen LogP contribution in [0.5, 0.6) is 0 Å². The Bertz CT molecular complexity index is 341. The molecule has 0 fully saturated rings. The van der Waals surface area contributed by atoms with Crippen molar-refractivity contribution in [3.05, 3.63) is 12.4 Å². The second kappa shape index (κ2) is 4.97. The van der Waals surface area contributed by atoms with Crippen LogP contribution in [-0.4, -0.2) is 29.7 Å². The van der Waals surface area contributed by atoms with Gasteiger partial charge in [-0.1, -0.05) is 0 Å². The lowest BCUT2D eigenvalue weighted by molar-refractivity contribution is -0.132. The van der Waals surface area contributed by atoms with Crippen molar-refractivity contribution in [1.29, 1.82) is 0 Å². The molecule has 1 heterocycles. The van der Waals surface area contributed by atoms with Crippen LogP contribution < -0.4 is 16.2 Å². The number of nitrogens with one attached hydrogen (secondary N) is 1. The van der Waals surface area contributed by atoms with E-state index in [1.807, 2.05) is 0 Å². The molecule has 1 aromatic heterocycles. The number of hydrogen-bond donors (Lipinski definition) is 2. The summed E-state index contributed by atoms with van der Waals surface area (Å²) in [4.78, 5) is 8.98. The lowest BCUT2D eigenvalue weighted by Crippen LogP contribution is -2.25. The molecule has 0 radical (unpaired) electrons. The molecular weight excluding hydrogens is 223 g/mol. The van der Waals surface area contributed by atoms with E-state index >= 15 is 0 Å². The van der Waals surface area contributed by atoms with E-state index in [1.54, 1.807) is 0 Å². The Hall–Kier alpha value is -1.57. The van der Waals surface area contributed by atoms with Crippen molar-refractivity contribution >= 4 is 11.6 Å². The fourth-order valence-corrected chi connectivity index (χ4v) is 1.04. The molecule has 8 heteroatoms.